The number of carbonyl (C=O) groups is 1. The van der Waals surface area contributed by atoms with Crippen LogP contribution >= 0.6 is 22.7 Å². The fourth-order valence-electron chi connectivity index (χ4n) is 3.54. The van der Waals surface area contributed by atoms with E-state index < -0.39 is 12.0 Å². The molecule has 3 heterocycles. The van der Waals surface area contributed by atoms with Crippen LogP contribution in [-0.4, -0.2) is 24.3 Å². The third-order valence-corrected chi connectivity index (χ3v) is 7.06. The average Bonchev–Trinajstić information content (AvgIpc) is 3.30. The molecular formula is C23H22N2O4S2. The van der Waals surface area contributed by atoms with Crippen molar-refractivity contribution in [3.05, 3.63) is 82.7 Å². The highest BCUT2D eigenvalue weighted by Crippen LogP contribution is 2.31. The van der Waals surface area contributed by atoms with E-state index in [0.717, 1.165) is 16.0 Å². The van der Waals surface area contributed by atoms with Crippen molar-refractivity contribution in [1.82, 2.24) is 4.57 Å². The molecule has 8 heteroatoms. The van der Waals surface area contributed by atoms with Gasteiger partial charge in [0.25, 0.3) is 5.56 Å². The molecule has 0 saturated carbocycles. The summed E-state index contributed by atoms with van der Waals surface area (Å²) in [7, 11) is 1.60. The van der Waals surface area contributed by atoms with Crippen LogP contribution in [0.2, 0.25) is 0 Å². The number of nitrogens with zero attached hydrogens (tertiary/aromatic N) is 2. The molecule has 0 N–H and O–H groups in total. The quantitative estimate of drug-likeness (QED) is 0.556. The highest BCUT2D eigenvalue weighted by molar-refractivity contribution is 7.11. The molecule has 1 aliphatic rings. The molecule has 1 aromatic carbocycles. The van der Waals surface area contributed by atoms with Crippen molar-refractivity contribution in [2.45, 2.75) is 26.8 Å². The van der Waals surface area contributed by atoms with Crippen LogP contribution in [0.4, 0.5) is 0 Å². The smallest absolute Gasteiger partial charge is 0.338 e. The van der Waals surface area contributed by atoms with Gasteiger partial charge in [-0.05, 0) is 61.6 Å². The Morgan fingerprint density at radius 3 is 2.58 bits per heavy atom. The summed E-state index contributed by atoms with van der Waals surface area (Å²) in [5.41, 5.74) is 2.66. The van der Waals surface area contributed by atoms with Crippen LogP contribution in [0.3, 0.4) is 0 Å². The number of carbonyl (C=O) groups excluding carboxylic acids is 1. The zero-order valence-electron chi connectivity index (χ0n) is 17.7. The summed E-state index contributed by atoms with van der Waals surface area (Å²) < 4.78 is 12.8. The largest absolute Gasteiger partial charge is 0.497 e. The van der Waals surface area contributed by atoms with Gasteiger partial charge in [0.05, 0.1) is 35.6 Å². The third kappa shape index (κ3) is 3.88. The zero-order chi connectivity index (χ0) is 22.1. The lowest BCUT2D eigenvalue weighted by molar-refractivity contribution is -0.139. The van der Waals surface area contributed by atoms with Crippen molar-refractivity contribution in [1.29, 1.82) is 0 Å². The van der Waals surface area contributed by atoms with Crippen molar-refractivity contribution >= 4 is 34.7 Å². The number of hydrogen-bond donors (Lipinski definition) is 0. The van der Waals surface area contributed by atoms with E-state index in [1.165, 1.54) is 11.3 Å². The minimum absolute atomic E-state index is 0.174. The molecule has 1 aliphatic heterocycles. The van der Waals surface area contributed by atoms with Gasteiger partial charge in [-0.2, -0.15) is 0 Å². The van der Waals surface area contributed by atoms with Gasteiger partial charge in [0, 0.05) is 4.88 Å². The van der Waals surface area contributed by atoms with Gasteiger partial charge in [-0.1, -0.05) is 23.5 Å². The van der Waals surface area contributed by atoms with Crippen LogP contribution in [0.25, 0.3) is 6.08 Å². The second kappa shape index (κ2) is 8.64. The molecule has 1 unspecified atom stereocenters. The van der Waals surface area contributed by atoms with Crippen LogP contribution in [0, 0.1) is 6.92 Å². The Bertz CT molecular complexity index is 1340. The topological polar surface area (TPSA) is 69.9 Å². The molecule has 160 valence electrons. The van der Waals surface area contributed by atoms with Crippen LogP contribution in [0.5, 0.6) is 5.75 Å². The van der Waals surface area contributed by atoms with E-state index in [0.29, 0.717) is 26.4 Å². The molecule has 31 heavy (non-hydrogen) atoms. The number of hydrogen-bond acceptors (Lipinski definition) is 7. The molecule has 0 radical (unpaired) electrons. The Morgan fingerprint density at radius 1 is 1.23 bits per heavy atom. The summed E-state index contributed by atoms with van der Waals surface area (Å²) in [6.07, 6.45) is 1.90. The van der Waals surface area contributed by atoms with Gasteiger partial charge < -0.3 is 9.47 Å². The number of fused-ring (bicyclic) bond motifs is 1. The first-order valence-electron chi connectivity index (χ1n) is 9.82. The number of methoxy groups -OCH3 is 1. The van der Waals surface area contributed by atoms with Crippen LogP contribution in [0.1, 0.15) is 35.9 Å². The molecule has 3 aromatic rings. The molecule has 0 amide bonds. The first-order valence-corrected chi connectivity index (χ1v) is 11.5. The van der Waals surface area contributed by atoms with Crippen molar-refractivity contribution in [3.8, 4) is 5.75 Å². The highest BCUT2D eigenvalue weighted by atomic mass is 32.1. The van der Waals surface area contributed by atoms with Gasteiger partial charge in [-0.25, -0.2) is 9.79 Å². The van der Waals surface area contributed by atoms with Crippen molar-refractivity contribution in [2.75, 3.05) is 13.7 Å². The highest BCUT2D eigenvalue weighted by Gasteiger charge is 2.33. The van der Waals surface area contributed by atoms with E-state index in [9.17, 15) is 9.59 Å². The number of thiazole rings is 1. The molecule has 0 spiro atoms. The number of aromatic nitrogens is 1. The lowest BCUT2D eigenvalue weighted by atomic mass is 9.96. The van der Waals surface area contributed by atoms with E-state index in [1.54, 1.807) is 36.9 Å². The molecule has 2 aromatic heterocycles. The third-order valence-electron chi connectivity index (χ3n) is 5.11. The summed E-state index contributed by atoms with van der Waals surface area (Å²) in [5.74, 6) is 0.232. The Balaban J connectivity index is 1.96. The van der Waals surface area contributed by atoms with Crippen molar-refractivity contribution in [2.24, 2.45) is 4.99 Å². The van der Waals surface area contributed by atoms with Gasteiger partial charge >= 0.3 is 5.97 Å². The van der Waals surface area contributed by atoms with Gasteiger partial charge in [0.15, 0.2) is 4.80 Å². The monoisotopic (exact) mass is 454 g/mol. The maximum atomic E-state index is 13.5. The number of ether oxygens (including phenoxy) is 2. The average molecular weight is 455 g/mol. The second-order valence-electron chi connectivity index (χ2n) is 7.04. The first-order chi connectivity index (χ1) is 14.9. The Kier molecular flexibility index (Phi) is 5.93. The fourth-order valence-corrected chi connectivity index (χ4v) is 5.51. The Morgan fingerprint density at radius 2 is 1.97 bits per heavy atom. The second-order valence-corrected chi connectivity index (χ2v) is 9.00. The predicted molar refractivity (Wildman–Crippen MR) is 122 cm³/mol. The van der Waals surface area contributed by atoms with Crippen molar-refractivity contribution in [3.63, 3.8) is 0 Å². The van der Waals surface area contributed by atoms with E-state index in [4.69, 9.17) is 9.47 Å². The SMILES string of the molecule is CCOC(=O)C1=C(C)N=c2sc(=Cc3sccc3C)c(=O)n2C1c1ccc(OC)cc1. The van der Waals surface area contributed by atoms with Crippen LogP contribution in [0.15, 0.2) is 56.8 Å². The summed E-state index contributed by atoms with van der Waals surface area (Å²) in [6.45, 7) is 5.80. The summed E-state index contributed by atoms with van der Waals surface area (Å²) in [5, 5.41) is 2.00. The van der Waals surface area contributed by atoms with E-state index in [2.05, 4.69) is 4.99 Å². The maximum Gasteiger partial charge on any atom is 0.338 e. The molecular weight excluding hydrogens is 432 g/mol. The van der Waals surface area contributed by atoms with E-state index in [1.807, 2.05) is 48.7 Å². The summed E-state index contributed by atoms with van der Waals surface area (Å²) >= 11 is 2.92. The molecule has 6 nitrogen and oxygen atoms in total. The number of thiophene rings is 1. The van der Waals surface area contributed by atoms with Gasteiger partial charge in [-0.3, -0.25) is 9.36 Å². The van der Waals surface area contributed by atoms with Crippen LogP contribution < -0.4 is 19.6 Å². The van der Waals surface area contributed by atoms with E-state index in [-0.39, 0.29) is 12.2 Å². The van der Waals surface area contributed by atoms with Gasteiger partial charge in [0.1, 0.15) is 5.75 Å². The van der Waals surface area contributed by atoms with Crippen molar-refractivity contribution < 1.29 is 14.3 Å². The summed E-state index contributed by atoms with van der Waals surface area (Å²) in [4.78, 5) is 32.5. The molecule has 0 bridgehead atoms. The first kappa shape index (κ1) is 21.3. The normalized spacial score (nSPS) is 16.1. The Hall–Kier alpha value is -2.97. The molecule has 4 rings (SSSR count). The molecule has 0 fully saturated rings. The number of esters is 1. The fraction of sp³-hybridized carbons (Fsp3) is 0.261. The number of aryl methyl sites for hydroxylation is 1. The molecule has 0 saturated heterocycles. The number of rotatable bonds is 5. The minimum Gasteiger partial charge on any atom is -0.497 e. The van der Waals surface area contributed by atoms with Crippen LogP contribution in [-0.2, 0) is 9.53 Å². The van der Waals surface area contributed by atoms with E-state index >= 15 is 0 Å². The van der Waals surface area contributed by atoms with Gasteiger partial charge in [-0.15, -0.1) is 11.3 Å². The predicted octanol–water partition coefficient (Wildman–Crippen LogP) is 3.18. The number of allylic oxidation sites excluding steroid dienone is 1. The van der Waals surface area contributed by atoms with Gasteiger partial charge in [0.2, 0.25) is 0 Å². The zero-order valence-corrected chi connectivity index (χ0v) is 19.3. The lowest BCUT2D eigenvalue weighted by Gasteiger charge is -2.24. The summed E-state index contributed by atoms with van der Waals surface area (Å²) in [6, 6.07) is 8.77. The minimum atomic E-state index is -0.618. The molecule has 1 atom stereocenters. The lowest BCUT2D eigenvalue weighted by Crippen LogP contribution is -2.39. The standard InChI is InChI=1S/C23H22N2O4S2/c1-5-29-22(27)19-14(3)24-23-25(20(19)15-6-8-16(28-4)9-7-15)21(26)18(31-23)12-17-13(2)10-11-30-17/h6-12,20H,5H2,1-4H3. The molecule has 0 aliphatic carbocycles. The number of benzene rings is 1. The Labute approximate surface area is 187 Å². The maximum absolute atomic E-state index is 13.5.